The molecule has 0 aromatic heterocycles. The molecule has 2 bridgehead atoms. The van der Waals surface area contributed by atoms with E-state index in [0.29, 0.717) is 18.0 Å². The number of hydrogen-bond donors (Lipinski definition) is 1. The van der Waals surface area contributed by atoms with E-state index in [1.807, 2.05) is 18.2 Å². The van der Waals surface area contributed by atoms with Crippen LogP contribution in [0.2, 0.25) is 5.02 Å². The first-order valence-corrected chi connectivity index (χ1v) is 8.78. The molecule has 0 spiro atoms. The minimum absolute atomic E-state index is 0.198. The highest BCUT2D eigenvalue weighted by atomic mass is 35.5. The van der Waals surface area contributed by atoms with Gasteiger partial charge < -0.3 is 10.0 Å². The van der Waals surface area contributed by atoms with Crippen LogP contribution < -0.4 is 0 Å². The van der Waals surface area contributed by atoms with E-state index in [9.17, 15) is 5.11 Å². The Bertz CT molecular complexity index is 456. The van der Waals surface area contributed by atoms with Gasteiger partial charge in [-0.3, -0.25) is 0 Å². The van der Waals surface area contributed by atoms with Crippen molar-refractivity contribution in [2.24, 2.45) is 5.92 Å². The lowest BCUT2D eigenvalue weighted by Gasteiger charge is -2.38. The number of fused-ring (bicyclic) bond motifs is 2. The molecule has 2 heterocycles. The van der Waals surface area contributed by atoms with Crippen LogP contribution in [0.1, 0.15) is 25.7 Å². The average molecular weight is 312 g/mol. The first-order valence-electron chi connectivity index (χ1n) is 7.42. The van der Waals surface area contributed by atoms with Crippen LogP contribution in [0.5, 0.6) is 0 Å². The second-order valence-electron chi connectivity index (χ2n) is 6.12. The molecule has 3 unspecified atom stereocenters. The van der Waals surface area contributed by atoms with Gasteiger partial charge in [-0.2, -0.15) is 0 Å². The monoisotopic (exact) mass is 311 g/mol. The number of benzene rings is 1. The molecule has 0 radical (unpaired) electrons. The molecule has 1 aromatic rings. The molecular formula is C16H22ClNOS. The SMILES string of the molecule is CN1C2CCC1CC(C(O)CSc1cccc(Cl)c1)C2. The van der Waals surface area contributed by atoms with Crippen molar-refractivity contribution in [3.63, 3.8) is 0 Å². The summed E-state index contributed by atoms with van der Waals surface area (Å²) in [5.41, 5.74) is 0. The van der Waals surface area contributed by atoms with E-state index < -0.39 is 0 Å². The number of thioether (sulfide) groups is 1. The molecule has 2 fully saturated rings. The van der Waals surface area contributed by atoms with E-state index in [1.165, 1.54) is 12.8 Å². The van der Waals surface area contributed by atoms with Crippen molar-refractivity contribution in [1.82, 2.24) is 4.90 Å². The van der Waals surface area contributed by atoms with Crippen molar-refractivity contribution in [1.29, 1.82) is 0 Å². The highest BCUT2D eigenvalue weighted by Crippen LogP contribution is 2.39. The Kier molecular flexibility index (Phi) is 4.61. The third kappa shape index (κ3) is 3.16. The molecule has 0 aliphatic carbocycles. The number of piperidine rings is 1. The van der Waals surface area contributed by atoms with Crippen LogP contribution in [0.25, 0.3) is 0 Å². The summed E-state index contributed by atoms with van der Waals surface area (Å²) in [6.45, 7) is 0. The number of hydrogen-bond acceptors (Lipinski definition) is 3. The van der Waals surface area contributed by atoms with Crippen LogP contribution in [-0.2, 0) is 0 Å². The van der Waals surface area contributed by atoms with Gasteiger partial charge in [0, 0.05) is 27.8 Å². The maximum absolute atomic E-state index is 10.5. The van der Waals surface area contributed by atoms with Crippen molar-refractivity contribution in [3.8, 4) is 0 Å². The summed E-state index contributed by atoms with van der Waals surface area (Å²) in [7, 11) is 2.24. The summed E-state index contributed by atoms with van der Waals surface area (Å²) in [6, 6.07) is 9.27. The summed E-state index contributed by atoms with van der Waals surface area (Å²) in [5.74, 6) is 1.24. The fraction of sp³-hybridized carbons (Fsp3) is 0.625. The van der Waals surface area contributed by atoms with E-state index >= 15 is 0 Å². The van der Waals surface area contributed by atoms with Gasteiger partial charge in [-0.15, -0.1) is 11.8 Å². The molecule has 4 heteroatoms. The Morgan fingerprint density at radius 3 is 2.70 bits per heavy atom. The maximum Gasteiger partial charge on any atom is 0.0663 e. The van der Waals surface area contributed by atoms with Gasteiger partial charge in [0.25, 0.3) is 0 Å². The number of rotatable bonds is 4. The van der Waals surface area contributed by atoms with Gasteiger partial charge in [0.05, 0.1) is 6.10 Å². The lowest BCUT2D eigenvalue weighted by atomic mass is 9.87. The number of halogens is 1. The van der Waals surface area contributed by atoms with Crippen molar-refractivity contribution in [2.75, 3.05) is 12.8 Å². The Morgan fingerprint density at radius 1 is 1.35 bits per heavy atom. The van der Waals surface area contributed by atoms with Gasteiger partial charge in [-0.1, -0.05) is 17.7 Å². The highest BCUT2D eigenvalue weighted by molar-refractivity contribution is 7.99. The Morgan fingerprint density at radius 2 is 2.05 bits per heavy atom. The second-order valence-corrected chi connectivity index (χ2v) is 7.65. The van der Waals surface area contributed by atoms with Gasteiger partial charge in [0.15, 0.2) is 0 Å². The van der Waals surface area contributed by atoms with Gasteiger partial charge in [0.2, 0.25) is 0 Å². The van der Waals surface area contributed by atoms with Crippen LogP contribution in [0.4, 0.5) is 0 Å². The fourth-order valence-electron chi connectivity index (χ4n) is 3.64. The molecule has 3 rings (SSSR count). The number of aliphatic hydroxyl groups is 1. The van der Waals surface area contributed by atoms with Crippen LogP contribution >= 0.6 is 23.4 Å². The first-order chi connectivity index (χ1) is 9.63. The molecule has 0 saturated carbocycles. The lowest BCUT2D eigenvalue weighted by molar-refractivity contribution is 0.0493. The molecule has 2 aliphatic heterocycles. The topological polar surface area (TPSA) is 23.5 Å². The lowest BCUT2D eigenvalue weighted by Crippen LogP contribution is -2.43. The van der Waals surface area contributed by atoms with E-state index in [0.717, 1.165) is 28.5 Å². The average Bonchev–Trinajstić information content (AvgIpc) is 2.66. The summed E-state index contributed by atoms with van der Waals surface area (Å²) >= 11 is 7.70. The van der Waals surface area contributed by atoms with Crippen molar-refractivity contribution in [2.45, 2.75) is 48.8 Å². The largest absolute Gasteiger partial charge is 0.392 e. The standard InChI is InChI=1S/C16H22ClNOS/c1-18-13-5-6-14(18)8-11(7-13)16(19)10-20-15-4-2-3-12(17)9-15/h2-4,9,11,13-14,16,19H,5-8,10H2,1H3. The third-order valence-electron chi connectivity index (χ3n) is 4.90. The molecule has 1 N–H and O–H groups in total. The summed E-state index contributed by atoms with van der Waals surface area (Å²) in [6.07, 6.45) is 4.74. The second kappa shape index (κ2) is 6.27. The first kappa shape index (κ1) is 14.7. The number of aliphatic hydroxyl groups excluding tert-OH is 1. The minimum Gasteiger partial charge on any atom is -0.392 e. The zero-order chi connectivity index (χ0) is 14.1. The molecule has 2 aliphatic rings. The quantitative estimate of drug-likeness (QED) is 0.858. The van der Waals surface area contributed by atoms with E-state index in [4.69, 9.17) is 11.6 Å². The fourth-order valence-corrected chi connectivity index (χ4v) is 4.92. The Labute approximate surface area is 130 Å². The predicted molar refractivity (Wildman–Crippen MR) is 85.5 cm³/mol. The number of nitrogens with zero attached hydrogens (tertiary/aromatic N) is 1. The van der Waals surface area contributed by atoms with Crippen LogP contribution in [0.3, 0.4) is 0 Å². The van der Waals surface area contributed by atoms with Gasteiger partial charge in [0.1, 0.15) is 0 Å². The van der Waals surface area contributed by atoms with Gasteiger partial charge in [-0.25, -0.2) is 0 Å². The summed E-state index contributed by atoms with van der Waals surface area (Å²) < 4.78 is 0. The maximum atomic E-state index is 10.5. The molecule has 3 atom stereocenters. The molecule has 110 valence electrons. The molecule has 20 heavy (non-hydrogen) atoms. The van der Waals surface area contributed by atoms with Crippen molar-refractivity contribution >= 4 is 23.4 Å². The van der Waals surface area contributed by atoms with Crippen LogP contribution in [0, 0.1) is 5.92 Å². The zero-order valence-corrected chi connectivity index (χ0v) is 13.4. The van der Waals surface area contributed by atoms with Gasteiger partial charge in [-0.05, 0) is 56.8 Å². The highest BCUT2D eigenvalue weighted by Gasteiger charge is 2.40. The molecule has 1 aromatic carbocycles. The van der Waals surface area contributed by atoms with E-state index in [-0.39, 0.29) is 6.10 Å². The van der Waals surface area contributed by atoms with E-state index in [1.54, 1.807) is 11.8 Å². The van der Waals surface area contributed by atoms with Gasteiger partial charge >= 0.3 is 0 Å². The molecule has 0 amide bonds. The molecule has 2 saturated heterocycles. The van der Waals surface area contributed by atoms with Crippen LogP contribution in [-0.4, -0.2) is 41.0 Å². The van der Waals surface area contributed by atoms with Crippen molar-refractivity contribution in [3.05, 3.63) is 29.3 Å². The molecular weight excluding hydrogens is 290 g/mol. The Balaban J connectivity index is 1.54. The minimum atomic E-state index is -0.198. The van der Waals surface area contributed by atoms with Crippen molar-refractivity contribution < 1.29 is 5.11 Å². The zero-order valence-electron chi connectivity index (χ0n) is 11.8. The smallest absolute Gasteiger partial charge is 0.0663 e. The van der Waals surface area contributed by atoms with Crippen LogP contribution in [0.15, 0.2) is 29.2 Å². The molecule has 2 nitrogen and oxygen atoms in total. The third-order valence-corrected chi connectivity index (χ3v) is 6.23. The summed E-state index contributed by atoms with van der Waals surface area (Å²) in [4.78, 5) is 3.67. The van der Waals surface area contributed by atoms with E-state index in [2.05, 4.69) is 18.0 Å². The predicted octanol–water partition coefficient (Wildman–Crippen LogP) is 3.67. The Hall–Kier alpha value is -0.220. The normalized spacial score (nSPS) is 31.4. The summed E-state index contributed by atoms with van der Waals surface area (Å²) in [5, 5.41) is 11.2.